The van der Waals surface area contributed by atoms with Crippen LogP contribution in [0.25, 0.3) is 0 Å². The number of rotatable bonds is 1. The normalized spacial score (nSPS) is 45.8. The highest BCUT2D eigenvalue weighted by molar-refractivity contribution is 4.81. The smallest absolute Gasteiger partial charge is 0.185 e. The molecule has 3 N–H and O–H groups in total. The molecule has 0 radical (unpaired) electrons. The summed E-state index contributed by atoms with van der Waals surface area (Å²) in [5.41, 5.74) is 0. The van der Waals surface area contributed by atoms with Crippen LogP contribution in [-0.4, -0.2) is 53.6 Å². The second kappa shape index (κ2) is 3.46. The molecule has 1 aliphatic rings. The Morgan fingerprint density at radius 3 is 2.45 bits per heavy atom. The summed E-state index contributed by atoms with van der Waals surface area (Å²) < 4.78 is 9.52. The molecular weight excluding hydrogens is 152 g/mol. The average Bonchev–Trinajstić information content (AvgIpc) is 2.01. The highest BCUT2D eigenvalue weighted by atomic mass is 16.7. The predicted molar refractivity (Wildman–Crippen MR) is 34.8 cm³/mol. The summed E-state index contributed by atoms with van der Waals surface area (Å²) in [7, 11) is 1.36. The van der Waals surface area contributed by atoms with Crippen molar-refractivity contribution in [3.8, 4) is 0 Å². The van der Waals surface area contributed by atoms with E-state index in [1.807, 2.05) is 0 Å². The van der Waals surface area contributed by atoms with Gasteiger partial charge in [-0.3, -0.25) is 0 Å². The van der Waals surface area contributed by atoms with Gasteiger partial charge in [0.05, 0.1) is 6.61 Å². The Labute approximate surface area is 64.2 Å². The Hall–Kier alpha value is -0.200. The molecule has 0 aliphatic carbocycles. The molecule has 1 aliphatic heterocycles. The van der Waals surface area contributed by atoms with Crippen LogP contribution in [0.4, 0.5) is 0 Å². The van der Waals surface area contributed by atoms with Crippen molar-refractivity contribution >= 4 is 0 Å². The van der Waals surface area contributed by atoms with Gasteiger partial charge in [-0.2, -0.15) is 0 Å². The molecule has 0 aromatic carbocycles. The highest BCUT2D eigenvalue weighted by Crippen LogP contribution is 2.15. The first-order chi connectivity index (χ1) is 5.16. The number of aliphatic hydroxyl groups is 3. The van der Waals surface area contributed by atoms with E-state index in [0.29, 0.717) is 0 Å². The molecular formula is C6H12O5. The molecule has 4 atom stereocenters. The third-order valence-electron chi connectivity index (χ3n) is 1.69. The Morgan fingerprint density at radius 2 is 1.91 bits per heavy atom. The van der Waals surface area contributed by atoms with Gasteiger partial charge < -0.3 is 24.8 Å². The van der Waals surface area contributed by atoms with Crippen LogP contribution < -0.4 is 0 Å². The predicted octanol–water partition coefficient (Wildman–Crippen LogP) is -1.93. The molecule has 5 heteroatoms. The molecule has 1 rings (SSSR count). The number of ether oxygens (including phenoxy) is 2. The van der Waals surface area contributed by atoms with Gasteiger partial charge in [-0.1, -0.05) is 0 Å². The van der Waals surface area contributed by atoms with Gasteiger partial charge in [0.25, 0.3) is 0 Å². The molecule has 11 heavy (non-hydrogen) atoms. The number of aliphatic hydroxyl groups excluding tert-OH is 3. The van der Waals surface area contributed by atoms with Crippen LogP contribution in [0.1, 0.15) is 0 Å². The fourth-order valence-electron chi connectivity index (χ4n) is 0.987. The summed E-state index contributed by atoms with van der Waals surface area (Å²) >= 11 is 0. The zero-order valence-electron chi connectivity index (χ0n) is 6.17. The van der Waals surface area contributed by atoms with Crippen LogP contribution in [0, 0.1) is 0 Å². The Balaban J connectivity index is 2.52. The molecule has 66 valence electrons. The van der Waals surface area contributed by atoms with Crippen molar-refractivity contribution < 1.29 is 24.8 Å². The summed E-state index contributed by atoms with van der Waals surface area (Å²) in [4.78, 5) is 0. The third kappa shape index (κ3) is 1.69. The molecule has 0 amide bonds. The van der Waals surface area contributed by atoms with Crippen molar-refractivity contribution in [3.05, 3.63) is 0 Å². The average molecular weight is 164 g/mol. The summed E-state index contributed by atoms with van der Waals surface area (Å²) in [5.74, 6) is 0. The van der Waals surface area contributed by atoms with E-state index in [-0.39, 0.29) is 6.61 Å². The fraction of sp³-hybridized carbons (Fsp3) is 1.00. The zero-order valence-corrected chi connectivity index (χ0v) is 6.17. The molecule has 5 nitrogen and oxygen atoms in total. The maximum absolute atomic E-state index is 9.15. The molecule has 2 unspecified atom stereocenters. The van der Waals surface area contributed by atoms with E-state index >= 15 is 0 Å². The lowest BCUT2D eigenvalue weighted by Crippen LogP contribution is -2.53. The monoisotopic (exact) mass is 164 g/mol. The summed E-state index contributed by atoms with van der Waals surface area (Å²) in [6.07, 6.45) is -4.23. The van der Waals surface area contributed by atoms with E-state index < -0.39 is 24.6 Å². The number of hydrogen-bond acceptors (Lipinski definition) is 5. The van der Waals surface area contributed by atoms with Gasteiger partial charge in [-0.25, -0.2) is 0 Å². The maximum atomic E-state index is 9.15. The Bertz CT molecular complexity index is 126. The van der Waals surface area contributed by atoms with Crippen molar-refractivity contribution in [1.82, 2.24) is 0 Å². The Morgan fingerprint density at radius 1 is 1.27 bits per heavy atom. The molecule has 0 aromatic rings. The minimum absolute atomic E-state index is 0.0171. The lowest BCUT2D eigenvalue weighted by atomic mass is 10.1. The van der Waals surface area contributed by atoms with Crippen molar-refractivity contribution in [1.29, 1.82) is 0 Å². The van der Waals surface area contributed by atoms with Crippen LogP contribution in [0.15, 0.2) is 0 Å². The second-order valence-corrected chi connectivity index (χ2v) is 2.49. The molecule has 0 spiro atoms. The molecule has 0 saturated carbocycles. The largest absolute Gasteiger partial charge is 0.388 e. The molecule has 1 saturated heterocycles. The first kappa shape index (κ1) is 8.89. The van der Waals surface area contributed by atoms with Crippen LogP contribution >= 0.6 is 0 Å². The molecule has 0 bridgehead atoms. The minimum atomic E-state index is -1.19. The number of hydrogen-bond donors (Lipinski definition) is 3. The molecule has 1 fully saturated rings. The topological polar surface area (TPSA) is 79.2 Å². The van der Waals surface area contributed by atoms with Gasteiger partial charge in [0, 0.05) is 7.11 Å². The molecule has 0 aromatic heterocycles. The summed E-state index contributed by atoms with van der Waals surface area (Å²) in [6, 6.07) is 0. The highest BCUT2D eigenvalue weighted by Gasteiger charge is 2.37. The van der Waals surface area contributed by atoms with Crippen molar-refractivity contribution in [2.75, 3.05) is 13.7 Å². The van der Waals surface area contributed by atoms with Crippen molar-refractivity contribution in [2.24, 2.45) is 0 Å². The van der Waals surface area contributed by atoms with Gasteiger partial charge in [0.15, 0.2) is 6.29 Å². The van der Waals surface area contributed by atoms with Gasteiger partial charge in [-0.05, 0) is 0 Å². The summed E-state index contributed by atoms with van der Waals surface area (Å²) in [6.45, 7) is -0.0171. The Kier molecular flexibility index (Phi) is 2.80. The van der Waals surface area contributed by atoms with Crippen LogP contribution in [-0.2, 0) is 9.47 Å². The van der Waals surface area contributed by atoms with Crippen LogP contribution in [0.3, 0.4) is 0 Å². The first-order valence-corrected chi connectivity index (χ1v) is 3.35. The third-order valence-corrected chi connectivity index (χ3v) is 1.69. The lowest BCUT2D eigenvalue weighted by molar-refractivity contribution is -0.261. The van der Waals surface area contributed by atoms with Crippen molar-refractivity contribution in [3.63, 3.8) is 0 Å². The van der Waals surface area contributed by atoms with E-state index in [1.54, 1.807) is 0 Å². The van der Waals surface area contributed by atoms with Gasteiger partial charge in [0.2, 0.25) is 0 Å². The van der Waals surface area contributed by atoms with E-state index in [9.17, 15) is 0 Å². The number of methoxy groups -OCH3 is 1. The minimum Gasteiger partial charge on any atom is -0.388 e. The van der Waals surface area contributed by atoms with Crippen LogP contribution in [0.2, 0.25) is 0 Å². The van der Waals surface area contributed by atoms with Gasteiger partial charge in [0.1, 0.15) is 18.3 Å². The van der Waals surface area contributed by atoms with Gasteiger partial charge >= 0.3 is 0 Å². The van der Waals surface area contributed by atoms with E-state index in [1.165, 1.54) is 7.11 Å². The zero-order chi connectivity index (χ0) is 8.43. The van der Waals surface area contributed by atoms with Crippen LogP contribution in [0.5, 0.6) is 0 Å². The first-order valence-electron chi connectivity index (χ1n) is 3.35. The standard InChI is InChI=1S/C6H12O5/c1-10-6-5(9)4(8)3(7)2-11-6/h3-9H,2H2,1H3/t3?,4-,5+,6?/m1/s1. The van der Waals surface area contributed by atoms with E-state index in [2.05, 4.69) is 4.74 Å². The second-order valence-electron chi connectivity index (χ2n) is 2.49. The quantitative estimate of drug-likeness (QED) is 0.420. The molecule has 1 heterocycles. The summed E-state index contributed by atoms with van der Waals surface area (Å²) in [5, 5.41) is 27.2. The van der Waals surface area contributed by atoms with Crippen molar-refractivity contribution in [2.45, 2.75) is 24.6 Å². The van der Waals surface area contributed by atoms with E-state index in [4.69, 9.17) is 20.1 Å². The SMILES string of the molecule is COC1OCC(O)[C@@H](O)[C@@H]1O. The van der Waals surface area contributed by atoms with Gasteiger partial charge in [-0.15, -0.1) is 0 Å². The fourth-order valence-corrected chi connectivity index (χ4v) is 0.987. The maximum Gasteiger partial charge on any atom is 0.185 e. The van der Waals surface area contributed by atoms with E-state index in [0.717, 1.165) is 0 Å². The lowest BCUT2D eigenvalue weighted by Gasteiger charge is -2.33.